The number of hydrogen-bond donors (Lipinski definition) is 2. The van der Waals surface area contributed by atoms with Gasteiger partial charge in [0, 0.05) is 12.6 Å². The molecule has 0 heterocycles. The molecule has 1 rings (SSSR count). The molecule has 0 spiro atoms. The number of hydrogen-bond acceptors (Lipinski definition) is 3. The van der Waals surface area contributed by atoms with E-state index in [0.717, 1.165) is 12.1 Å². The third-order valence-electron chi connectivity index (χ3n) is 3.05. The average molecular weight is 316 g/mol. The summed E-state index contributed by atoms with van der Waals surface area (Å²) < 4.78 is 41.0. The highest BCUT2D eigenvalue weighted by Crippen LogP contribution is 2.17. The van der Waals surface area contributed by atoms with Crippen molar-refractivity contribution in [3.05, 3.63) is 29.6 Å². The highest BCUT2D eigenvalue weighted by atomic mass is 32.2. The average Bonchev–Trinajstić information content (AvgIpc) is 2.34. The molecule has 1 aromatic rings. The van der Waals surface area contributed by atoms with Gasteiger partial charge in [0.2, 0.25) is 10.0 Å². The Morgan fingerprint density at radius 2 is 1.90 bits per heavy atom. The van der Waals surface area contributed by atoms with Gasteiger partial charge in [-0.2, -0.15) is 0 Å². The van der Waals surface area contributed by atoms with Crippen molar-refractivity contribution < 1.29 is 12.8 Å². The van der Waals surface area contributed by atoms with E-state index in [1.165, 1.54) is 12.1 Å². The molecule has 0 aliphatic carbocycles. The van der Waals surface area contributed by atoms with E-state index in [4.69, 9.17) is 0 Å². The SMILES string of the molecule is CCNCc1ccc(S(=O)(=O)NC(C)CC(C)C)c(F)c1. The molecule has 0 aliphatic heterocycles. The summed E-state index contributed by atoms with van der Waals surface area (Å²) in [5.41, 5.74) is 0.725. The first-order valence-electron chi connectivity index (χ1n) is 7.27. The largest absolute Gasteiger partial charge is 0.313 e. The zero-order chi connectivity index (χ0) is 16.0. The lowest BCUT2D eigenvalue weighted by atomic mass is 10.1. The van der Waals surface area contributed by atoms with Gasteiger partial charge in [-0.05, 0) is 43.5 Å². The highest BCUT2D eigenvalue weighted by Gasteiger charge is 2.21. The molecular weight excluding hydrogens is 291 g/mol. The van der Waals surface area contributed by atoms with Crippen LogP contribution in [0.4, 0.5) is 4.39 Å². The number of nitrogens with one attached hydrogen (secondary N) is 2. The van der Waals surface area contributed by atoms with Crippen molar-refractivity contribution in [3.63, 3.8) is 0 Å². The van der Waals surface area contributed by atoms with Gasteiger partial charge >= 0.3 is 0 Å². The number of sulfonamides is 1. The van der Waals surface area contributed by atoms with Crippen LogP contribution in [-0.4, -0.2) is 21.0 Å². The van der Waals surface area contributed by atoms with E-state index in [2.05, 4.69) is 10.0 Å². The molecule has 1 aromatic carbocycles. The number of benzene rings is 1. The van der Waals surface area contributed by atoms with E-state index in [1.807, 2.05) is 20.8 Å². The molecule has 1 atom stereocenters. The molecule has 2 N–H and O–H groups in total. The lowest BCUT2D eigenvalue weighted by Crippen LogP contribution is -2.34. The zero-order valence-corrected chi connectivity index (χ0v) is 13.9. The summed E-state index contributed by atoms with van der Waals surface area (Å²) in [6.45, 7) is 9.06. The second-order valence-electron chi connectivity index (χ2n) is 5.70. The molecule has 0 fully saturated rings. The molecule has 0 radical (unpaired) electrons. The Bertz CT molecular complexity index is 559. The van der Waals surface area contributed by atoms with Crippen LogP contribution in [0.2, 0.25) is 0 Å². The van der Waals surface area contributed by atoms with Crippen LogP contribution < -0.4 is 10.0 Å². The second-order valence-corrected chi connectivity index (χ2v) is 7.38. The second kappa shape index (κ2) is 7.87. The van der Waals surface area contributed by atoms with Crippen molar-refractivity contribution in [1.29, 1.82) is 0 Å². The minimum atomic E-state index is -3.82. The third kappa shape index (κ3) is 5.73. The van der Waals surface area contributed by atoms with Gasteiger partial charge in [0.15, 0.2) is 0 Å². The van der Waals surface area contributed by atoms with Crippen molar-refractivity contribution in [2.45, 2.75) is 51.6 Å². The summed E-state index contributed by atoms with van der Waals surface area (Å²) >= 11 is 0. The van der Waals surface area contributed by atoms with E-state index in [9.17, 15) is 12.8 Å². The summed E-state index contributed by atoms with van der Waals surface area (Å²) in [5.74, 6) is -0.343. The van der Waals surface area contributed by atoms with Crippen LogP contribution in [0.5, 0.6) is 0 Å². The van der Waals surface area contributed by atoms with Crippen LogP contribution in [0.3, 0.4) is 0 Å². The van der Waals surface area contributed by atoms with Gasteiger partial charge in [-0.15, -0.1) is 0 Å². The molecule has 1 unspecified atom stereocenters. The predicted octanol–water partition coefficient (Wildman–Crippen LogP) is 2.65. The molecule has 0 saturated heterocycles. The summed E-state index contributed by atoms with van der Waals surface area (Å²) in [5, 5.41) is 3.07. The molecule has 0 aliphatic rings. The first kappa shape index (κ1) is 18.1. The first-order valence-corrected chi connectivity index (χ1v) is 8.76. The summed E-state index contributed by atoms with van der Waals surface area (Å²) in [6, 6.07) is 4.00. The molecular formula is C15H25FN2O2S. The Labute approximate surface area is 127 Å². The minimum absolute atomic E-state index is 0.226. The summed E-state index contributed by atoms with van der Waals surface area (Å²) in [6.07, 6.45) is 0.708. The minimum Gasteiger partial charge on any atom is -0.313 e. The Morgan fingerprint density at radius 3 is 2.43 bits per heavy atom. The smallest absolute Gasteiger partial charge is 0.243 e. The van der Waals surface area contributed by atoms with Crippen LogP contribution >= 0.6 is 0 Å². The van der Waals surface area contributed by atoms with Crippen molar-refractivity contribution >= 4 is 10.0 Å². The Hall–Kier alpha value is -0.980. The zero-order valence-electron chi connectivity index (χ0n) is 13.1. The third-order valence-corrected chi connectivity index (χ3v) is 4.67. The summed E-state index contributed by atoms with van der Waals surface area (Å²) in [7, 11) is -3.82. The van der Waals surface area contributed by atoms with Crippen LogP contribution in [-0.2, 0) is 16.6 Å². The predicted molar refractivity (Wildman–Crippen MR) is 83.0 cm³/mol. The maximum absolute atomic E-state index is 14.0. The summed E-state index contributed by atoms with van der Waals surface area (Å²) in [4.78, 5) is -0.293. The maximum atomic E-state index is 14.0. The van der Waals surface area contributed by atoms with Crippen molar-refractivity contribution in [3.8, 4) is 0 Å². The number of rotatable bonds is 8. The molecule has 0 aromatic heterocycles. The van der Waals surface area contributed by atoms with Crippen molar-refractivity contribution in [2.75, 3.05) is 6.54 Å². The van der Waals surface area contributed by atoms with E-state index in [1.54, 1.807) is 13.0 Å². The Morgan fingerprint density at radius 1 is 1.24 bits per heavy atom. The van der Waals surface area contributed by atoms with Gasteiger partial charge in [-0.25, -0.2) is 17.5 Å². The topological polar surface area (TPSA) is 58.2 Å². The quantitative estimate of drug-likeness (QED) is 0.775. The monoisotopic (exact) mass is 316 g/mol. The van der Waals surface area contributed by atoms with Gasteiger partial charge in [0.25, 0.3) is 0 Å². The van der Waals surface area contributed by atoms with E-state index in [0.29, 0.717) is 18.9 Å². The molecule has 120 valence electrons. The fourth-order valence-corrected chi connectivity index (χ4v) is 3.54. The van der Waals surface area contributed by atoms with E-state index >= 15 is 0 Å². The fraction of sp³-hybridized carbons (Fsp3) is 0.600. The van der Waals surface area contributed by atoms with Gasteiger partial charge in [0.05, 0.1) is 0 Å². The van der Waals surface area contributed by atoms with Crippen LogP contribution in [0, 0.1) is 11.7 Å². The molecule has 4 nitrogen and oxygen atoms in total. The van der Waals surface area contributed by atoms with E-state index in [-0.39, 0.29) is 10.9 Å². The van der Waals surface area contributed by atoms with Gasteiger partial charge in [-0.3, -0.25) is 0 Å². The molecule has 21 heavy (non-hydrogen) atoms. The standard InChI is InChI=1S/C15H25FN2O2S/c1-5-17-10-13-6-7-15(14(16)9-13)21(19,20)18-12(4)8-11(2)3/h6-7,9,11-12,17-18H,5,8,10H2,1-4H3. The van der Waals surface area contributed by atoms with Crippen LogP contribution in [0.25, 0.3) is 0 Å². The highest BCUT2D eigenvalue weighted by molar-refractivity contribution is 7.89. The molecule has 0 amide bonds. The van der Waals surface area contributed by atoms with Crippen molar-refractivity contribution in [2.24, 2.45) is 5.92 Å². The lowest BCUT2D eigenvalue weighted by Gasteiger charge is -2.16. The Kier molecular flexibility index (Phi) is 6.77. The lowest BCUT2D eigenvalue weighted by molar-refractivity contribution is 0.479. The van der Waals surface area contributed by atoms with E-state index < -0.39 is 15.8 Å². The Balaban J connectivity index is 2.88. The normalized spacial score (nSPS) is 13.6. The molecule has 0 saturated carbocycles. The first-order chi connectivity index (χ1) is 9.76. The number of halogens is 1. The molecule has 6 heteroatoms. The fourth-order valence-electron chi connectivity index (χ4n) is 2.23. The van der Waals surface area contributed by atoms with Gasteiger partial charge in [0.1, 0.15) is 10.7 Å². The van der Waals surface area contributed by atoms with Gasteiger partial charge in [-0.1, -0.05) is 26.8 Å². The van der Waals surface area contributed by atoms with Crippen molar-refractivity contribution in [1.82, 2.24) is 10.0 Å². The molecule has 0 bridgehead atoms. The van der Waals surface area contributed by atoms with Crippen LogP contribution in [0.1, 0.15) is 39.7 Å². The maximum Gasteiger partial charge on any atom is 0.243 e. The van der Waals surface area contributed by atoms with Gasteiger partial charge < -0.3 is 5.32 Å². The van der Waals surface area contributed by atoms with Crippen LogP contribution in [0.15, 0.2) is 23.1 Å².